The highest BCUT2D eigenvalue weighted by molar-refractivity contribution is 6.04. The highest BCUT2D eigenvalue weighted by Gasteiger charge is 2.11. The molecule has 0 atom stereocenters. The number of anilines is 1. The van der Waals surface area contributed by atoms with E-state index in [0.717, 1.165) is 0 Å². The summed E-state index contributed by atoms with van der Waals surface area (Å²) in [5, 5.41) is 11.8. The molecule has 0 saturated carbocycles. The molecule has 0 saturated heterocycles. The molecule has 0 aliphatic rings. The van der Waals surface area contributed by atoms with Gasteiger partial charge in [0.2, 0.25) is 5.91 Å². The zero-order chi connectivity index (χ0) is 11.4. The fourth-order valence-corrected chi connectivity index (χ4v) is 1.25. The van der Waals surface area contributed by atoms with Crippen LogP contribution in [0.2, 0.25) is 0 Å². The lowest BCUT2D eigenvalue weighted by Crippen LogP contribution is -2.10. The number of phenols is 1. The number of amides is 1. The summed E-state index contributed by atoms with van der Waals surface area (Å²) in [5.74, 6) is -0.346. The van der Waals surface area contributed by atoms with Gasteiger partial charge in [0.25, 0.3) is 0 Å². The van der Waals surface area contributed by atoms with E-state index in [1.807, 2.05) is 0 Å². The normalized spacial score (nSPS) is 9.73. The van der Waals surface area contributed by atoms with Crippen LogP contribution in [-0.2, 0) is 4.79 Å². The molecule has 1 rings (SSSR count). The van der Waals surface area contributed by atoms with Gasteiger partial charge in [0.15, 0.2) is 5.78 Å². The minimum absolute atomic E-state index is 0.0147. The summed E-state index contributed by atoms with van der Waals surface area (Å²) in [6.07, 6.45) is 0.329. The maximum absolute atomic E-state index is 11.5. The molecule has 15 heavy (non-hydrogen) atoms. The Morgan fingerprint density at radius 3 is 2.60 bits per heavy atom. The first-order chi connectivity index (χ1) is 7.04. The second-order valence-corrected chi connectivity index (χ2v) is 3.19. The van der Waals surface area contributed by atoms with Gasteiger partial charge in [-0.05, 0) is 18.2 Å². The minimum atomic E-state index is -0.245. The van der Waals surface area contributed by atoms with Crippen LogP contribution in [0.3, 0.4) is 0 Å². The Balaban J connectivity index is 3.14. The monoisotopic (exact) mass is 207 g/mol. The van der Waals surface area contributed by atoms with Gasteiger partial charge in [0.05, 0.1) is 5.69 Å². The molecule has 0 bridgehead atoms. The highest BCUT2D eigenvalue weighted by atomic mass is 16.3. The van der Waals surface area contributed by atoms with Crippen molar-refractivity contribution in [2.75, 3.05) is 5.32 Å². The smallest absolute Gasteiger partial charge is 0.221 e. The van der Waals surface area contributed by atoms with Crippen molar-refractivity contribution in [2.24, 2.45) is 0 Å². The Hall–Kier alpha value is -1.84. The number of phenolic OH excluding ortho intramolecular Hbond substituents is 1. The first kappa shape index (κ1) is 11.2. The zero-order valence-electron chi connectivity index (χ0n) is 8.70. The zero-order valence-corrected chi connectivity index (χ0v) is 8.70. The van der Waals surface area contributed by atoms with E-state index >= 15 is 0 Å². The summed E-state index contributed by atoms with van der Waals surface area (Å²) in [6.45, 7) is 3.09. The largest absolute Gasteiger partial charge is 0.508 e. The molecule has 1 aromatic carbocycles. The Kier molecular flexibility index (Phi) is 3.44. The molecule has 0 aliphatic heterocycles. The number of hydrogen-bond donors (Lipinski definition) is 2. The number of rotatable bonds is 3. The van der Waals surface area contributed by atoms with Crippen LogP contribution in [0.1, 0.15) is 30.6 Å². The summed E-state index contributed by atoms with van der Waals surface area (Å²) in [7, 11) is 0. The molecule has 2 N–H and O–H groups in total. The summed E-state index contributed by atoms with van der Waals surface area (Å²) >= 11 is 0. The van der Waals surface area contributed by atoms with Gasteiger partial charge in [0.1, 0.15) is 5.75 Å². The van der Waals surface area contributed by atoms with Gasteiger partial charge in [-0.1, -0.05) is 6.92 Å². The number of aromatic hydroxyl groups is 1. The second kappa shape index (κ2) is 4.59. The van der Waals surface area contributed by atoms with Crippen molar-refractivity contribution in [3.63, 3.8) is 0 Å². The molecule has 0 radical (unpaired) electrons. The van der Waals surface area contributed by atoms with Gasteiger partial charge in [-0.3, -0.25) is 9.59 Å². The van der Waals surface area contributed by atoms with Crippen LogP contribution in [-0.4, -0.2) is 16.8 Å². The van der Waals surface area contributed by atoms with E-state index in [4.69, 9.17) is 0 Å². The first-order valence-corrected chi connectivity index (χ1v) is 4.68. The summed E-state index contributed by atoms with van der Waals surface area (Å²) in [6, 6.07) is 4.30. The lowest BCUT2D eigenvalue weighted by molar-refractivity contribution is -0.114. The van der Waals surface area contributed by atoms with Crippen LogP contribution in [0.4, 0.5) is 5.69 Å². The molecule has 1 aromatic rings. The SMILES string of the molecule is CCC(=O)c1cc(O)ccc1NC(C)=O. The van der Waals surface area contributed by atoms with E-state index in [2.05, 4.69) is 5.32 Å². The standard InChI is InChI=1S/C11H13NO3/c1-3-11(15)9-6-8(14)4-5-10(9)12-7(2)13/h4-6,14H,3H2,1-2H3,(H,12,13). The van der Waals surface area contributed by atoms with Crippen LogP contribution in [0.5, 0.6) is 5.75 Å². The van der Waals surface area contributed by atoms with Crippen molar-refractivity contribution >= 4 is 17.4 Å². The van der Waals surface area contributed by atoms with E-state index in [0.29, 0.717) is 17.7 Å². The molecule has 0 aliphatic carbocycles. The van der Waals surface area contributed by atoms with Crippen molar-refractivity contribution < 1.29 is 14.7 Å². The molecule has 1 amide bonds. The number of hydrogen-bond acceptors (Lipinski definition) is 3. The molecule has 80 valence electrons. The third kappa shape index (κ3) is 2.80. The van der Waals surface area contributed by atoms with E-state index in [-0.39, 0.29) is 17.4 Å². The lowest BCUT2D eigenvalue weighted by Gasteiger charge is -2.08. The molecular weight excluding hydrogens is 194 g/mol. The Morgan fingerprint density at radius 1 is 1.40 bits per heavy atom. The maximum atomic E-state index is 11.5. The fraction of sp³-hybridized carbons (Fsp3) is 0.273. The van der Waals surface area contributed by atoms with Crippen molar-refractivity contribution in [3.8, 4) is 5.75 Å². The summed E-state index contributed by atoms with van der Waals surface area (Å²) in [5.41, 5.74) is 0.778. The van der Waals surface area contributed by atoms with Gasteiger partial charge in [-0.2, -0.15) is 0 Å². The summed E-state index contributed by atoms with van der Waals surface area (Å²) in [4.78, 5) is 22.4. The second-order valence-electron chi connectivity index (χ2n) is 3.19. The van der Waals surface area contributed by atoms with Crippen molar-refractivity contribution in [3.05, 3.63) is 23.8 Å². The molecule has 4 nitrogen and oxygen atoms in total. The van der Waals surface area contributed by atoms with Crippen molar-refractivity contribution in [1.82, 2.24) is 0 Å². The average molecular weight is 207 g/mol. The van der Waals surface area contributed by atoms with Crippen LogP contribution < -0.4 is 5.32 Å². The lowest BCUT2D eigenvalue weighted by atomic mass is 10.1. The van der Waals surface area contributed by atoms with Gasteiger partial charge in [-0.25, -0.2) is 0 Å². The average Bonchev–Trinajstić information content (AvgIpc) is 2.19. The van der Waals surface area contributed by atoms with Gasteiger partial charge in [-0.15, -0.1) is 0 Å². The van der Waals surface area contributed by atoms with Gasteiger partial charge < -0.3 is 10.4 Å². The third-order valence-electron chi connectivity index (χ3n) is 1.94. The van der Waals surface area contributed by atoms with E-state index in [1.165, 1.54) is 25.1 Å². The van der Waals surface area contributed by atoms with E-state index in [9.17, 15) is 14.7 Å². The van der Waals surface area contributed by atoms with Crippen LogP contribution >= 0.6 is 0 Å². The topological polar surface area (TPSA) is 66.4 Å². The van der Waals surface area contributed by atoms with E-state index < -0.39 is 0 Å². The third-order valence-corrected chi connectivity index (χ3v) is 1.94. The molecular formula is C11H13NO3. The predicted molar refractivity (Wildman–Crippen MR) is 57.0 cm³/mol. The van der Waals surface area contributed by atoms with Crippen molar-refractivity contribution in [1.29, 1.82) is 0 Å². The molecule has 0 fully saturated rings. The minimum Gasteiger partial charge on any atom is -0.508 e. The van der Waals surface area contributed by atoms with Crippen LogP contribution in [0.25, 0.3) is 0 Å². The molecule has 0 aromatic heterocycles. The number of nitrogens with one attached hydrogen (secondary N) is 1. The van der Waals surface area contributed by atoms with Gasteiger partial charge in [0, 0.05) is 18.9 Å². The quantitative estimate of drug-likeness (QED) is 0.588. The van der Waals surface area contributed by atoms with Crippen LogP contribution in [0.15, 0.2) is 18.2 Å². The van der Waals surface area contributed by atoms with Gasteiger partial charge >= 0.3 is 0 Å². The van der Waals surface area contributed by atoms with Crippen molar-refractivity contribution in [2.45, 2.75) is 20.3 Å². The Labute approximate surface area is 87.9 Å². The van der Waals surface area contributed by atoms with Crippen LogP contribution in [0, 0.1) is 0 Å². The summed E-state index contributed by atoms with van der Waals surface area (Å²) < 4.78 is 0. The molecule has 0 heterocycles. The Bertz CT molecular complexity index is 399. The van der Waals surface area contributed by atoms with E-state index in [1.54, 1.807) is 6.92 Å². The number of benzene rings is 1. The maximum Gasteiger partial charge on any atom is 0.221 e. The number of carbonyl (C=O) groups is 2. The fourth-order valence-electron chi connectivity index (χ4n) is 1.25. The Morgan fingerprint density at radius 2 is 2.07 bits per heavy atom. The number of ketones is 1. The predicted octanol–water partition coefficient (Wildman–Crippen LogP) is 1.94. The highest BCUT2D eigenvalue weighted by Crippen LogP contribution is 2.22. The number of Topliss-reactive ketones (excluding diaryl/α,β-unsaturated/α-hetero) is 1. The molecule has 4 heteroatoms. The molecule has 0 unspecified atom stereocenters. The number of carbonyl (C=O) groups excluding carboxylic acids is 2. The first-order valence-electron chi connectivity index (χ1n) is 4.68. The molecule has 0 spiro atoms.